The first-order valence-corrected chi connectivity index (χ1v) is 10.1. The van der Waals surface area contributed by atoms with Crippen molar-refractivity contribution in [3.63, 3.8) is 0 Å². The molecule has 0 radical (unpaired) electrons. The number of carbonyl (C=O) groups excluding carboxylic acids is 1. The summed E-state index contributed by atoms with van der Waals surface area (Å²) < 4.78 is 0. The average molecular weight is 371 g/mol. The Morgan fingerprint density at radius 3 is 2.74 bits per heavy atom. The van der Waals surface area contributed by atoms with Crippen molar-refractivity contribution in [2.24, 2.45) is 0 Å². The minimum Gasteiger partial charge on any atom is -0.465 e. The predicted molar refractivity (Wildman–Crippen MR) is 104 cm³/mol. The van der Waals surface area contributed by atoms with E-state index in [0.29, 0.717) is 12.6 Å². The number of likely N-dealkylation sites (tertiary alicyclic amines) is 1. The van der Waals surface area contributed by atoms with Crippen LogP contribution >= 0.6 is 0 Å². The molecule has 1 aromatic carbocycles. The van der Waals surface area contributed by atoms with Crippen LogP contribution in [0.15, 0.2) is 18.2 Å². The van der Waals surface area contributed by atoms with Crippen LogP contribution in [0, 0.1) is 6.92 Å². The molecule has 1 saturated heterocycles. The van der Waals surface area contributed by atoms with Crippen molar-refractivity contribution in [2.45, 2.75) is 63.5 Å². The first-order chi connectivity index (χ1) is 12.9. The highest BCUT2D eigenvalue weighted by Crippen LogP contribution is 2.48. The Labute approximate surface area is 160 Å². The zero-order valence-electron chi connectivity index (χ0n) is 16.2. The summed E-state index contributed by atoms with van der Waals surface area (Å²) in [5, 5.41) is 12.5. The van der Waals surface area contributed by atoms with Crippen LogP contribution in [-0.4, -0.2) is 58.6 Å². The van der Waals surface area contributed by atoms with Gasteiger partial charge in [-0.15, -0.1) is 0 Å². The highest BCUT2D eigenvalue weighted by molar-refractivity contribution is 6.06. The number of carbonyl (C=O) groups is 2. The zero-order chi connectivity index (χ0) is 19.2. The molecular weight excluding hydrogens is 342 g/mol. The van der Waals surface area contributed by atoms with Gasteiger partial charge in [0.1, 0.15) is 0 Å². The number of aryl methyl sites for hydroxylation is 1. The SMILES string of the molecule is CCN(C(=O)O)[C@H]1CCN(C2CCC3(CC2)C(=O)Nc2ccc(C)cc23)C1. The quantitative estimate of drug-likeness (QED) is 0.856. The molecule has 2 N–H and O–H groups in total. The summed E-state index contributed by atoms with van der Waals surface area (Å²) in [6.45, 7) is 6.29. The maximum Gasteiger partial charge on any atom is 0.407 e. The van der Waals surface area contributed by atoms with E-state index in [1.165, 1.54) is 11.1 Å². The summed E-state index contributed by atoms with van der Waals surface area (Å²) in [4.78, 5) is 28.2. The van der Waals surface area contributed by atoms with E-state index in [1.54, 1.807) is 4.90 Å². The van der Waals surface area contributed by atoms with Crippen molar-refractivity contribution in [1.29, 1.82) is 0 Å². The van der Waals surface area contributed by atoms with Crippen molar-refractivity contribution < 1.29 is 14.7 Å². The zero-order valence-corrected chi connectivity index (χ0v) is 16.2. The van der Waals surface area contributed by atoms with Gasteiger partial charge in [-0.3, -0.25) is 9.69 Å². The molecule has 0 unspecified atom stereocenters. The van der Waals surface area contributed by atoms with Crippen LogP contribution in [0.5, 0.6) is 0 Å². The van der Waals surface area contributed by atoms with E-state index in [-0.39, 0.29) is 17.4 Å². The Bertz CT molecular complexity index is 755. The lowest BCUT2D eigenvalue weighted by atomic mass is 9.68. The molecule has 0 aromatic heterocycles. The second-order valence-corrected chi connectivity index (χ2v) is 8.32. The Morgan fingerprint density at radius 2 is 2.07 bits per heavy atom. The van der Waals surface area contributed by atoms with Gasteiger partial charge in [0, 0.05) is 37.4 Å². The number of rotatable bonds is 3. The number of benzene rings is 1. The second kappa shape index (κ2) is 6.82. The van der Waals surface area contributed by atoms with Gasteiger partial charge in [0.15, 0.2) is 0 Å². The molecular formula is C21H29N3O3. The van der Waals surface area contributed by atoms with Crippen LogP contribution in [0.25, 0.3) is 0 Å². The van der Waals surface area contributed by atoms with Gasteiger partial charge in [0.25, 0.3) is 0 Å². The van der Waals surface area contributed by atoms with Gasteiger partial charge in [0.05, 0.1) is 5.41 Å². The van der Waals surface area contributed by atoms with Gasteiger partial charge in [-0.05, 0) is 57.6 Å². The van der Waals surface area contributed by atoms with Crippen molar-refractivity contribution in [3.05, 3.63) is 29.3 Å². The van der Waals surface area contributed by atoms with E-state index in [4.69, 9.17) is 0 Å². The van der Waals surface area contributed by atoms with Crippen molar-refractivity contribution in [3.8, 4) is 0 Å². The smallest absolute Gasteiger partial charge is 0.407 e. The third kappa shape index (κ3) is 3.00. The van der Waals surface area contributed by atoms with Crippen LogP contribution in [0.3, 0.4) is 0 Å². The van der Waals surface area contributed by atoms with Gasteiger partial charge in [-0.2, -0.15) is 0 Å². The first kappa shape index (κ1) is 18.3. The highest BCUT2D eigenvalue weighted by Gasteiger charge is 2.49. The van der Waals surface area contributed by atoms with Crippen molar-refractivity contribution >= 4 is 17.7 Å². The van der Waals surface area contributed by atoms with E-state index < -0.39 is 6.09 Å². The minimum atomic E-state index is -0.818. The summed E-state index contributed by atoms with van der Waals surface area (Å²) in [6, 6.07) is 6.80. The average Bonchev–Trinajstić information content (AvgIpc) is 3.21. The molecule has 1 saturated carbocycles. The number of hydrogen-bond donors (Lipinski definition) is 2. The van der Waals surface area contributed by atoms with Crippen molar-refractivity contribution in [2.75, 3.05) is 25.0 Å². The number of carboxylic acid groups (broad SMARTS) is 1. The van der Waals surface area contributed by atoms with E-state index in [9.17, 15) is 14.7 Å². The first-order valence-electron chi connectivity index (χ1n) is 10.1. The standard InChI is InChI=1S/C21H29N3O3/c1-3-24(20(26)27)16-8-11-23(13-16)15-6-9-21(10-7-15)17-12-14(2)4-5-18(17)22-19(21)25/h4-5,12,15-16H,3,6-11,13H2,1-2H3,(H,22,25)(H,26,27)/t15?,16-,21?/m0/s1. The van der Waals surface area contributed by atoms with Gasteiger partial charge < -0.3 is 15.3 Å². The van der Waals surface area contributed by atoms with Crippen LogP contribution in [0.4, 0.5) is 10.5 Å². The summed E-state index contributed by atoms with van der Waals surface area (Å²) >= 11 is 0. The van der Waals surface area contributed by atoms with Crippen molar-refractivity contribution in [1.82, 2.24) is 9.80 Å². The van der Waals surface area contributed by atoms with Gasteiger partial charge >= 0.3 is 6.09 Å². The number of nitrogens with one attached hydrogen (secondary N) is 1. The van der Waals surface area contributed by atoms with E-state index in [1.807, 2.05) is 13.0 Å². The molecule has 27 heavy (non-hydrogen) atoms. The molecule has 1 spiro atoms. The summed E-state index contributed by atoms with van der Waals surface area (Å²) in [6.07, 6.45) is 3.82. The largest absolute Gasteiger partial charge is 0.465 e. The van der Waals surface area contributed by atoms with Gasteiger partial charge in [-0.25, -0.2) is 4.79 Å². The normalized spacial score (nSPS) is 30.4. The lowest BCUT2D eigenvalue weighted by molar-refractivity contribution is -0.122. The maximum atomic E-state index is 12.8. The molecule has 2 amide bonds. The van der Waals surface area contributed by atoms with E-state index >= 15 is 0 Å². The Kier molecular flexibility index (Phi) is 4.62. The highest BCUT2D eigenvalue weighted by atomic mass is 16.4. The Morgan fingerprint density at radius 1 is 1.33 bits per heavy atom. The minimum absolute atomic E-state index is 0.0986. The Hall–Kier alpha value is -2.08. The molecule has 1 aliphatic carbocycles. The monoisotopic (exact) mass is 371 g/mol. The van der Waals surface area contributed by atoms with E-state index in [2.05, 4.69) is 29.3 Å². The fourth-order valence-electron chi connectivity index (χ4n) is 5.39. The summed E-state index contributed by atoms with van der Waals surface area (Å²) in [7, 11) is 0. The molecule has 146 valence electrons. The van der Waals surface area contributed by atoms with Crippen LogP contribution in [0.2, 0.25) is 0 Å². The van der Waals surface area contributed by atoms with Crippen LogP contribution in [-0.2, 0) is 10.2 Å². The molecule has 0 bridgehead atoms. The molecule has 2 heterocycles. The fraction of sp³-hybridized carbons (Fsp3) is 0.619. The topological polar surface area (TPSA) is 72.9 Å². The van der Waals surface area contributed by atoms with Gasteiger partial charge in [0.2, 0.25) is 5.91 Å². The second-order valence-electron chi connectivity index (χ2n) is 8.32. The summed E-state index contributed by atoms with van der Waals surface area (Å²) in [5.74, 6) is 0.156. The molecule has 3 aliphatic rings. The molecule has 6 heteroatoms. The number of nitrogens with zero attached hydrogens (tertiary/aromatic N) is 2. The molecule has 2 fully saturated rings. The maximum absolute atomic E-state index is 12.8. The molecule has 1 atom stereocenters. The number of fused-ring (bicyclic) bond motifs is 2. The number of hydrogen-bond acceptors (Lipinski definition) is 3. The Balaban J connectivity index is 1.44. The molecule has 2 aliphatic heterocycles. The fourth-order valence-corrected chi connectivity index (χ4v) is 5.39. The lowest BCUT2D eigenvalue weighted by Crippen LogP contribution is -2.46. The summed E-state index contributed by atoms with van der Waals surface area (Å²) in [5.41, 5.74) is 2.98. The van der Waals surface area contributed by atoms with Gasteiger partial charge in [-0.1, -0.05) is 17.7 Å². The predicted octanol–water partition coefficient (Wildman–Crippen LogP) is 3.20. The van der Waals surface area contributed by atoms with E-state index in [0.717, 1.165) is 50.9 Å². The lowest BCUT2D eigenvalue weighted by Gasteiger charge is -2.39. The number of likely N-dealkylation sites (N-methyl/N-ethyl adjacent to an activating group) is 1. The van der Waals surface area contributed by atoms with Crippen LogP contribution in [0.1, 0.15) is 50.2 Å². The number of anilines is 1. The molecule has 4 rings (SSSR count). The molecule has 6 nitrogen and oxygen atoms in total. The number of amides is 2. The van der Waals surface area contributed by atoms with Crippen LogP contribution < -0.4 is 5.32 Å². The third-order valence-electron chi connectivity index (χ3n) is 6.92. The third-order valence-corrected chi connectivity index (χ3v) is 6.92. The molecule has 1 aromatic rings.